The van der Waals surface area contributed by atoms with E-state index in [1.165, 1.54) is 24.5 Å². The first-order valence-electron chi connectivity index (χ1n) is 10.2. The zero-order chi connectivity index (χ0) is 26.5. The predicted molar refractivity (Wildman–Crippen MR) is 116 cm³/mol. The maximum atomic E-state index is 13.5. The smallest absolute Gasteiger partial charge is 0.326 e. The summed E-state index contributed by atoms with van der Waals surface area (Å²) in [6, 6.07) is 6.08. The van der Waals surface area contributed by atoms with Crippen LogP contribution < -0.4 is 10.6 Å². The number of alkyl halides is 6. The van der Waals surface area contributed by atoms with Gasteiger partial charge in [0.2, 0.25) is 5.91 Å². The Bertz CT molecular complexity index is 1290. The van der Waals surface area contributed by atoms with E-state index >= 15 is 0 Å². The van der Waals surface area contributed by atoms with E-state index in [9.17, 15) is 35.5 Å². The second-order valence-corrected chi connectivity index (χ2v) is 7.43. The molecule has 0 fully saturated rings. The highest BCUT2D eigenvalue weighted by Crippen LogP contribution is 2.36. The van der Waals surface area contributed by atoms with Crippen LogP contribution in [0.5, 0.6) is 0 Å². The maximum Gasteiger partial charge on any atom is 0.418 e. The summed E-state index contributed by atoms with van der Waals surface area (Å²) in [5, 5.41) is 0. The molecule has 2 aromatic heterocycles. The quantitative estimate of drug-likeness (QED) is 0.398. The molecule has 0 saturated carbocycles. The Morgan fingerprint density at radius 2 is 1.67 bits per heavy atom. The van der Waals surface area contributed by atoms with Gasteiger partial charge in [0.15, 0.2) is 0 Å². The summed E-state index contributed by atoms with van der Waals surface area (Å²) >= 11 is 0. The van der Waals surface area contributed by atoms with Crippen molar-refractivity contribution < 1.29 is 35.5 Å². The predicted octanol–water partition coefficient (Wildman–Crippen LogP) is 4.74. The number of aromatic nitrogens is 2. The summed E-state index contributed by atoms with van der Waals surface area (Å²) in [6.07, 6.45) is -8.01. The van der Waals surface area contributed by atoms with Gasteiger partial charge in [-0.05, 0) is 42.0 Å². The molecule has 0 aliphatic carbocycles. The summed E-state index contributed by atoms with van der Waals surface area (Å²) in [5.74, 6) is 3.89. The largest absolute Gasteiger partial charge is 0.418 e. The topological polar surface area (TPSA) is 72.1 Å². The fourth-order valence-electron chi connectivity index (χ4n) is 3.11. The zero-order valence-electron chi connectivity index (χ0n) is 18.3. The number of pyridine rings is 2. The van der Waals surface area contributed by atoms with Crippen LogP contribution in [0.15, 0.2) is 55.0 Å². The van der Waals surface area contributed by atoms with E-state index in [2.05, 4.69) is 21.8 Å². The Morgan fingerprint density at radius 3 is 2.28 bits per heavy atom. The molecule has 0 aliphatic rings. The van der Waals surface area contributed by atoms with Gasteiger partial charge in [-0.3, -0.25) is 14.8 Å². The molecule has 188 valence electrons. The van der Waals surface area contributed by atoms with Crippen LogP contribution in [-0.2, 0) is 30.1 Å². The van der Waals surface area contributed by atoms with Crippen molar-refractivity contribution in [1.82, 2.24) is 9.97 Å². The lowest BCUT2D eigenvalue weighted by molar-refractivity contribution is -0.143. The van der Waals surface area contributed by atoms with Crippen LogP contribution in [0, 0.1) is 17.7 Å². The first-order valence-corrected chi connectivity index (χ1v) is 10.2. The Labute approximate surface area is 200 Å². The molecule has 1 aromatic carbocycles. The third-order valence-electron chi connectivity index (χ3n) is 4.86. The van der Waals surface area contributed by atoms with E-state index in [0.29, 0.717) is 11.1 Å². The zero-order valence-corrected chi connectivity index (χ0v) is 18.3. The van der Waals surface area contributed by atoms with Crippen molar-refractivity contribution >= 4 is 11.6 Å². The molecule has 5 nitrogen and oxygen atoms in total. The van der Waals surface area contributed by atoms with Gasteiger partial charge in [-0.1, -0.05) is 11.8 Å². The first kappa shape index (κ1) is 26.6. The molecular weight excluding hydrogens is 493 g/mol. The van der Waals surface area contributed by atoms with Gasteiger partial charge in [-0.15, -0.1) is 0 Å². The molecule has 0 atom stereocenters. The van der Waals surface area contributed by atoms with Crippen molar-refractivity contribution in [2.45, 2.75) is 25.3 Å². The number of benzene rings is 1. The molecule has 0 bridgehead atoms. The van der Waals surface area contributed by atoms with E-state index in [0.717, 1.165) is 17.0 Å². The van der Waals surface area contributed by atoms with E-state index < -0.39 is 47.3 Å². The van der Waals surface area contributed by atoms with Crippen molar-refractivity contribution in [3.8, 4) is 11.8 Å². The monoisotopic (exact) mass is 510 g/mol. The van der Waals surface area contributed by atoms with Gasteiger partial charge in [-0.25, -0.2) is 4.39 Å². The normalized spacial score (nSPS) is 11.6. The Hall–Kier alpha value is -3.98. The summed E-state index contributed by atoms with van der Waals surface area (Å²) in [6.45, 7) is -0.107. The molecule has 1 amide bonds. The third kappa shape index (κ3) is 6.79. The molecule has 0 spiro atoms. The first-order chi connectivity index (χ1) is 16.9. The molecule has 12 heteroatoms. The summed E-state index contributed by atoms with van der Waals surface area (Å²) in [5.41, 5.74) is 2.66. The second kappa shape index (κ2) is 10.7. The number of carbonyl (C=O) groups is 1. The number of rotatable bonds is 5. The lowest BCUT2D eigenvalue weighted by Gasteiger charge is -2.21. The van der Waals surface area contributed by atoms with Crippen molar-refractivity contribution in [2.24, 2.45) is 5.73 Å². The van der Waals surface area contributed by atoms with Gasteiger partial charge in [-0.2, -0.15) is 26.3 Å². The number of anilines is 1. The highest BCUT2D eigenvalue weighted by molar-refractivity contribution is 5.95. The maximum absolute atomic E-state index is 13.5. The average Bonchev–Trinajstić information content (AvgIpc) is 2.81. The summed E-state index contributed by atoms with van der Waals surface area (Å²) in [7, 11) is 0. The highest BCUT2D eigenvalue weighted by Gasteiger charge is 2.39. The van der Waals surface area contributed by atoms with E-state index in [-0.39, 0.29) is 31.0 Å². The van der Waals surface area contributed by atoms with Gasteiger partial charge >= 0.3 is 12.4 Å². The molecule has 0 saturated heterocycles. The minimum Gasteiger partial charge on any atom is -0.326 e. The molecule has 36 heavy (non-hydrogen) atoms. The number of nitrogens with two attached hydrogens (primary N) is 1. The van der Waals surface area contributed by atoms with Crippen molar-refractivity contribution in [2.75, 3.05) is 11.4 Å². The van der Waals surface area contributed by atoms with Crippen LogP contribution in [0.1, 0.15) is 27.9 Å². The van der Waals surface area contributed by atoms with E-state index in [4.69, 9.17) is 5.73 Å². The Balaban J connectivity index is 1.94. The molecule has 3 rings (SSSR count). The minimum absolute atomic E-state index is 0.0882. The molecule has 0 radical (unpaired) electrons. The third-order valence-corrected chi connectivity index (χ3v) is 4.86. The van der Waals surface area contributed by atoms with E-state index in [1.54, 1.807) is 6.07 Å². The SMILES string of the molecule is NCc1cncc(C#CCN(C(=O)Cc2ncc(C(F)(F)F)cc2C(F)(F)F)c2ccc(F)cc2)c1. The molecule has 0 aliphatic heterocycles. The summed E-state index contributed by atoms with van der Waals surface area (Å²) in [4.78, 5) is 21.2. The number of hydrogen-bond donors (Lipinski definition) is 1. The minimum atomic E-state index is -5.19. The number of carbonyl (C=O) groups excluding carboxylic acids is 1. The van der Waals surface area contributed by atoms with Gasteiger partial charge in [0.1, 0.15) is 5.82 Å². The lowest BCUT2D eigenvalue weighted by Crippen LogP contribution is -2.33. The van der Waals surface area contributed by atoms with Crippen molar-refractivity contribution in [1.29, 1.82) is 0 Å². The number of hydrogen-bond acceptors (Lipinski definition) is 4. The molecule has 2 heterocycles. The molecule has 0 unspecified atom stereocenters. The number of amides is 1. The van der Waals surface area contributed by atoms with Crippen molar-refractivity contribution in [3.63, 3.8) is 0 Å². The lowest BCUT2D eigenvalue weighted by atomic mass is 10.1. The standard InChI is InChI=1S/C24H17F7N4O/c25-18-3-5-19(6-4-18)35(7-1-2-15-8-16(11-32)13-33-12-15)22(36)10-21-20(24(29,30)31)9-17(14-34-21)23(26,27)28/h3-6,8-9,12-14H,7,10-11,32H2. The van der Waals surface area contributed by atoms with Crippen molar-refractivity contribution in [3.05, 3.63) is 88.8 Å². The van der Waals surface area contributed by atoms with Crippen LogP contribution in [-0.4, -0.2) is 22.4 Å². The molecular formula is C24H17F7N4O. The van der Waals surface area contributed by atoms with Gasteiger partial charge < -0.3 is 10.6 Å². The Kier molecular flexibility index (Phi) is 7.94. The number of nitrogens with zero attached hydrogens (tertiary/aromatic N) is 3. The fourth-order valence-corrected chi connectivity index (χ4v) is 3.11. The summed E-state index contributed by atoms with van der Waals surface area (Å²) < 4.78 is 92.6. The average molecular weight is 510 g/mol. The number of halogens is 7. The van der Waals surface area contributed by atoms with Crippen LogP contribution >= 0.6 is 0 Å². The highest BCUT2D eigenvalue weighted by atomic mass is 19.4. The van der Waals surface area contributed by atoms with Crippen LogP contribution in [0.25, 0.3) is 0 Å². The van der Waals surface area contributed by atoms with Crippen LogP contribution in [0.3, 0.4) is 0 Å². The molecule has 3 aromatic rings. The Morgan fingerprint density at radius 1 is 0.972 bits per heavy atom. The second-order valence-electron chi connectivity index (χ2n) is 7.43. The van der Waals surface area contributed by atoms with E-state index in [1.807, 2.05) is 0 Å². The van der Waals surface area contributed by atoms with Gasteiger partial charge in [0.05, 0.1) is 29.8 Å². The van der Waals surface area contributed by atoms with Gasteiger partial charge in [0.25, 0.3) is 0 Å². The fraction of sp³-hybridized carbons (Fsp3) is 0.208. The molecule has 2 N–H and O–H groups in total. The van der Waals surface area contributed by atoms with Crippen LogP contribution in [0.2, 0.25) is 0 Å². The van der Waals surface area contributed by atoms with Crippen LogP contribution in [0.4, 0.5) is 36.4 Å². The van der Waals surface area contributed by atoms with Gasteiger partial charge in [0, 0.05) is 36.4 Å².